The van der Waals surface area contributed by atoms with E-state index < -0.39 is 8.25 Å². The van der Waals surface area contributed by atoms with Gasteiger partial charge in [0.05, 0.1) is 6.61 Å². The van der Waals surface area contributed by atoms with Crippen molar-refractivity contribution in [2.75, 3.05) is 13.2 Å². The smallest absolute Gasteiger partial charge is 0.462 e. The number of hydrogen-bond acceptors (Lipinski definition) is 4. The summed E-state index contributed by atoms with van der Waals surface area (Å²) in [5, 5.41) is 0. The summed E-state index contributed by atoms with van der Waals surface area (Å²) in [5.41, 5.74) is 0.450. The average Bonchev–Trinajstić information content (AvgIpc) is 2.43. The highest BCUT2D eigenvalue weighted by Crippen LogP contribution is 2.16. The van der Waals surface area contributed by atoms with Crippen molar-refractivity contribution in [1.82, 2.24) is 0 Å². The molecule has 0 heterocycles. The van der Waals surface area contributed by atoms with Crippen molar-refractivity contribution in [3.63, 3.8) is 0 Å². The lowest BCUT2D eigenvalue weighted by Crippen LogP contribution is -2.05. The van der Waals surface area contributed by atoms with Crippen molar-refractivity contribution in [2.45, 2.75) is 64.7 Å². The SMILES string of the molecule is C=C(C)C(=O)OCCCCCCCCCCCO[P+](=O)O. The molecule has 0 aromatic heterocycles. The molecule has 5 nitrogen and oxygen atoms in total. The normalized spacial score (nSPS) is 11.2. The van der Waals surface area contributed by atoms with E-state index in [1.54, 1.807) is 6.92 Å². The fourth-order valence-corrected chi connectivity index (χ4v) is 2.16. The maximum absolute atomic E-state index is 11.1. The van der Waals surface area contributed by atoms with Gasteiger partial charge in [-0.15, -0.1) is 9.42 Å². The first kappa shape index (κ1) is 20.2. The first-order chi connectivity index (χ1) is 10.0. The van der Waals surface area contributed by atoms with Gasteiger partial charge in [-0.2, -0.15) is 0 Å². The van der Waals surface area contributed by atoms with E-state index >= 15 is 0 Å². The van der Waals surface area contributed by atoms with Gasteiger partial charge in [0.15, 0.2) is 0 Å². The molecule has 6 heteroatoms. The lowest BCUT2D eigenvalue weighted by molar-refractivity contribution is -0.139. The largest absolute Gasteiger partial charge is 0.694 e. The molecular formula is C15H28O5P+. The third kappa shape index (κ3) is 15.4. The van der Waals surface area contributed by atoms with Crippen LogP contribution < -0.4 is 0 Å². The number of carbonyl (C=O) groups excluding carboxylic acids is 1. The molecule has 0 radical (unpaired) electrons. The van der Waals surface area contributed by atoms with E-state index in [9.17, 15) is 9.36 Å². The Balaban J connectivity index is 3.11. The van der Waals surface area contributed by atoms with E-state index in [0.717, 1.165) is 32.1 Å². The Morgan fingerprint density at radius 2 is 1.38 bits per heavy atom. The van der Waals surface area contributed by atoms with Crippen molar-refractivity contribution in [3.05, 3.63) is 12.2 Å². The second kappa shape index (κ2) is 14.2. The Labute approximate surface area is 128 Å². The molecule has 0 aromatic carbocycles. The van der Waals surface area contributed by atoms with E-state index in [1.165, 1.54) is 25.7 Å². The van der Waals surface area contributed by atoms with Gasteiger partial charge in [-0.25, -0.2) is 4.79 Å². The van der Waals surface area contributed by atoms with E-state index in [4.69, 9.17) is 9.63 Å². The molecule has 0 aliphatic heterocycles. The monoisotopic (exact) mass is 319 g/mol. The van der Waals surface area contributed by atoms with E-state index in [1.807, 2.05) is 0 Å². The van der Waals surface area contributed by atoms with Crippen LogP contribution in [0.5, 0.6) is 0 Å². The summed E-state index contributed by atoms with van der Waals surface area (Å²) >= 11 is 0. The van der Waals surface area contributed by atoms with Crippen LogP contribution in [0.2, 0.25) is 0 Å². The number of esters is 1. The first-order valence-corrected chi connectivity index (χ1v) is 8.78. The quantitative estimate of drug-likeness (QED) is 0.224. The second-order valence-electron chi connectivity index (χ2n) is 5.17. The van der Waals surface area contributed by atoms with Crippen LogP contribution in [0.25, 0.3) is 0 Å². The molecule has 0 spiro atoms. The fraction of sp³-hybridized carbons (Fsp3) is 0.800. The molecule has 0 aliphatic rings. The van der Waals surface area contributed by atoms with Crippen molar-refractivity contribution < 1.29 is 23.5 Å². The zero-order valence-corrected chi connectivity index (χ0v) is 13.9. The number of unbranched alkanes of at least 4 members (excludes halogenated alkanes) is 8. The van der Waals surface area contributed by atoms with Gasteiger partial charge in [-0.3, -0.25) is 0 Å². The van der Waals surface area contributed by atoms with E-state index in [2.05, 4.69) is 11.1 Å². The summed E-state index contributed by atoms with van der Waals surface area (Å²) in [4.78, 5) is 19.5. The van der Waals surface area contributed by atoms with Gasteiger partial charge < -0.3 is 4.74 Å². The molecule has 0 rings (SSSR count). The van der Waals surface area contributed by atoms with Crippen LogP contribution in [-0.2, 0) is 18.6 Å². The molecule has 1 N–H and O–H groups in total. The molecule has 21 heavy (non-hydrogen) atoms. The third-order valence-corrected chi connectivity index (χ3v) is 3.48. The average molecular weight is 319 g/mol. The molecule has 0 saturated heterocycles. The highest BCUT2D eigenvalue weighted by molar-refractivity contribution is 7.32. The van der Waals surface area contributed by atoms with Crippen molar-refractivity contribution in [1.29, 1.82) is 0 Å². The molecule has 122 valence electrons. The number of hydrogen-bond donors (Lipinski definition) is 1. The van der Waals surface area contributed by atoms with Crippen LogP contribution in [0, 0.1) is 0 Å². The standard InChI is InChI=1S/C15H27O5P/c1-14(2)15(16)19-12-10-8-6-4-3-5-7-9-11-13-20-21(17)18/h1,3-13H2,2H3/p+1. The third-order valence-electron chi connectivity index (χ3n) is 3.07. The number of rotatable bonds is 14. The Morgan fingerprint density at radius 3 is 1.81 bits per heavy atom. The molecule has 0 saturated carbocycles. The Hall–Kier alpha value is -0.770. The van der Waals surface area contributed by atoms with Crippen LogP contribution in [0.1, 0.15) is 64.7 Å². The minimum absolute atomic E-state index is 0.301. The maximum Gasteiger partial charge on any atom is 0.694 e. The number of ether oxygens (including phenoxy) is 1. The molecular weight excluding hydrogens is 291 g/mol. The van der Waals surface area contributed by atoms with E-state index in [-0.39, 0.29) is 5.97 Å². The zero-order valence-electron chi connectivity index (χ0n) is 13.0. The van der Waals surface area contributed by atoms with Crippen molar-refractivity contribution >= 4 is 14.2 Å². The lowest BCUT2D eigenvalue weighted by atomic mass is 10.1. The Morgan fingerprint density at radius 1 is 0.952 bits per heavy atom. The van der Waals surface area contributed by atoms with Crippen LogP contribution in [0.4, 0.5) is 0 Å². The predicted molar refractivity (Wildman–Crippen MR) is 83.1 cm³/mol. The van der Waals surface area contributed by atoms with Crippen molar-refractivity contribution in [3.8, 4) is 0 Å². The summed E-state index contributed by atoms with van der Waals surface area (Å²) in [6, 6.07) is 0. The molecule has 0 bridgehead atoms. The Kier molecular flexibility index (Phi) is 13.7. The Bertz CT molecular complexity index is 317. The van der Waals surface area contributed by atoms with Gasteiger partial charge >= 0.3 is 14.2 Å². The van der Waals surface area contributed by atoms with Gasteiger partial charge in [-0.1, -0.05) is 51.5 Å². The minimum atomic E-state index is -2.43. The molecule has 0 aliphatic carbocycles. The van der Waals surface area contributed by atoms with Crippen LogP contribution in [-0.4, -0.2) is 24.1 Å². The van der Waals surface area contributed by atoms with Gasteiger partial charge in [0.1, 0.15) is 6.61 Å². The van der Waals surface area contributed by atoms with Crippen LogP contribution in [0.3, 0.4) is 0 Å². The molecule has 0 amide bonds. The van der Waals surface area contributed by atoms with Gasteiger partial charge in [0.2, 0.25) is 0 Å². The highest BCUT2D eigenvalue weighted by Gasteiger charge is 2.09. The summed E-state index contributed by atoms with van der Waals surface area (Å²) in [7, 11) is -2.43. The van der Waals surface area contributed by atoms with Crippen LogP contribution in [0.15, 0.2) is 12.2 Å². The van der Waals surface area contributed by atoms with E-state index in [0.29, 0.717) is 18.8 Å². The highest BCUT2D eigenvalue weighted by atomic mass is 31.1. The molecule has 1 atom stereocenters. The zero-order chi connectivity index (χ0) is 15.9. The summed E-state index contributed by atoms with van der Waals surface area (Å²) < 4.78 is 19.8. The molecule has 1 unspecified atom stereocenters. The predicted octanol–water partition coefficient (Wildman–Crippen LogP) is 4.28. The van der Waals surface area contributed by atoms with Gasteiger partial charge in [0, 0.05) is 10.1 Å². The summed E-state index contributed by atoms with van der Waals surface area (Å²) in [6.45, 7) is 6.04. The van der Waals surface area contributed by atoms with Crippen LogP contribution >= 0.6 is 8.25 Å². The molecule has 0 fully saturated rings. The summed E-state index contributed by atoms with van der Waals surface area (Å²) in [5.74, 6) is -0.301. The topological polar surface area (TPSA) is 72.8 Å². The van der Waals surface area contributed by atoms with Crippen molar-refractivity contribution in [2.24, 2.45) is 0 Å². The first-order valence-electron chi connectivity index (χ1n) is 7.65. The number of carbonyl (C=O) groups is 1. The minimum Gasteiger partial charge on any atom is -0.462 e. The fourth-order valence-electron chi connectivity index (χ4n) is 1.87. The van der Waals surface area contributed by atoms with Gasteiger partial charge in [0.25, 0.3) is 0 Å². The lowest BCUT2D eigenvalue weighted by Gasteiger charge is -2.04. The maximum atomic E-state index is 11.1. The summed E-state index contributed by atoms with van der Waals surface area (Å²) in [6.07, 6.45) is 9.79. The molecule has 0 aromatic rings. The second-order valence-corrected chi connectivity index (χ2v) is 5.90. The van der Waals surface area contributed by atoms with Gasteiger partial charge in [-0.05, 0) is 19.8 Å².